The van der Waals surface area contributed by atoms with Crippen LogP contribution in [0.5, 0.6) is 0 Å². The summed E-state index contributed by atoms with van der Waals surface area (Å²) in [6.45, 7) is 7.62. The number of hydrogen-bond donors (Lipinski definition) is 0. The molecule has 0 bridgehead atoms. The lowest BCUT2D eigenvalue weighted by Gasteiger charge is -2.47. The van der Waals surface area contributed by atoms with Crippen LogP contribution in [0.3, 0.4) is 0 Å². The zero-order chi connectivity index (χ0) is 15.9. The van der Waals surface area contributed by atoms with Crippen LogP contribution in [0.15, 0.2) is 0 Å². The largest absolute Gasteiger partial charge is 0.374 e. The maximum Gasteiger partial charge on any atom is 0.222 e. The van der Waals surface area contributed by atoms with Crippen LogP contribution in [0.4, 0.5) is 0 Å². The summed E-state index contributed by atoms with van der Waals surface area (Å²) in [5.74, 6) is 2.34. The Balaban J connectivity index is 2.76. The molecule has 1 unspecified atom stereocenters. The van der Waals surface area contributed by atoms with Crippen molar-refractivity contribution in [2.75, 3.05) is 38.8 Å². The molecule has 1 rings (SSSR count). The molecule has 4 nitrogen and oxygen atoms in total. The lowest BCUT2D eigenvalue weighted by Crippen LogP contribution is -2.52. The van der Waals surface area contributed by atoms with Crippen LogP contribution < -0.4 is 0 Å². The molecule has 0 saturated carbocycles. The Hall–Kier alpha value is 0.0900. The Morgan fingerprint density at radius 1 is 1.24 bits per heavy atom. The lowest BCUT2D eigenvalue weighted by atomic mass is 9.99. The monoisotopic (exact) mass is 335 g/mol. The van der Waals surface area contributed by atoms with Crippen molar-refractivity contribution < 1.29 is 14.3 Å². The van der Waals surface area contributed by atoms with Crippen LogP contribution in [0.2, 0.25) is 0 Å². The highest BCUT2D eigenvalue weighted by atomic mass is 32.2. The molecule has 124 valence electrons. The van der Waals surface area contributed by atoms with Crippen LogP contribution >= 0.6 is 23.5 Å². The molecule has 1 saturated heterocycles. The van der Waals surface area contributed by atoms with Crippen LogP contribution in [-0.2, 0) is 14.3 Å². The predicted molar refractivity (Wildman–Crippen MR) is 91.8 cm³/mol. The molecule has 0 radical (unpaired) electrons. The highest BCUT2D eigenvalue weighted by Gasteiger charge is 2.51. The van der Waals surface area contributed by atoms with Gasteiger partial charge in [0.2, 0.25) is 5.91 Å². The van der Waals surface area contributed by atoms with Gasteiger partial charge >= 0.3 is 0 Å². The molecule has 1 amide bonds. The van der Waals surface area contributed by atoms with E-state index in [0.717, 1.165) is 24.6 Å². The second-order valence-electron chi connectivity index (χ2n) is 5.31. The topological polar surface area (TPSA) is 38.8 Å². The van der Waals surface area contributed by atoms with Gasteiger partial charge in [-0.15, -0.1) is 23.5 Å². The standard InChI is InChI=1S/C15H29NO3S2/c1-6-16(7-2)13(17)9-10-14(3,18-4)15(19-5)20-11-8-12-21-15/h6-12H2,1-5H3. The number of amides is 1. The Labute approximate surface area is 137 Å². The number of rotatable bonds is 8. The quantitative estimate of drug-likeness (QED) is 0.681. The van der Waals surface area contributed by atoms with Gasteiger partial charge in [-0.25, -0.2) is 0 Å². The number of thioether (sulfide) groups is 2. The van der Waals surface area contributed by atoms with Crippen LogP contribution in [-0.4, -0.2) is 59.5 Å². The molecule has 0 aromatic heterocycles. The number of nitrogens with zero attached hydrogens (tertiary/aromatic N) is 1. The minimum Gasteiger partial charge on any atom is -0.374 e. The number of carbonyl (C=O) groups is 1. The van der Waals surface area contributed by atoms with Crippen LogP contribution in [0, 0.1) is 0 Å². The van der Waals surface area contributed by atoms with Crippen molar-refractivity contribution in [1.82, 2.24) is 4.90 Å². The van der Waals surface area contributed by atoms with Crippen molar-refractivity contribution in [2.24, 2.45) is 0 Å². The minimum atomic E-state index is -0.472. The molecule has 6 heteroatoms. The molecule has 1 aliphatic heterocycles. The molecule has 1 heterocycles. The summed E-state index contributed by atoms with van der Waals surface area (Å²) in [6.07, 6.45) is 2.36. The van der Waals surface area contributed by atoms with E-state index in [1.54, 1.807) is 37.7 Å². The first-order valence-corrected chi connectivity index (χ1v) is 9.61. The van der Waals surface area contributed by atoms with Gasteiger partial charge in [0.15, 0.2) is 4.27 Å². The Morgan fingerprint density at radius 2 is 1.81 bits per heavy atom. The van der Waals surface area contributed by atoms with Gasteiger partial charge < -0.3 is 14.4 Å². The van der Waals surface area contributed by atoms with Gasteiger partial charge in [-0.3, -0.25) is 4.79 Å². The Morgan fingerprint density at radius 3 is 2.24 bits per heavy atom. The molecule has 0 aromatic carbocycles. The SMILES string of the molecule is CCN(CC)C(=O)CCC(C)(OC)C1(OC)SCCCS1. The van der Waals surface area contributed by atoms with Crippen molar-refractivity contribution in [2.45, 2.75) is 49.9 Å². The molecular weight excluding hydrogens is 306 g/mol. The third kappa shape index (κ3) is 4.30. The summed E-state index contributed by atoms with van der Waals surface area (Å²) in [5.41, 5.74) is -0.472. The van der Waals surface area contributed by atoms with Gasteiger partial charge in [0.1, 0.15) is 5.60 Å². The van der Waals surface area contributed by atoms with Gasteiger partial charge in [0.25, 0.3) is 0 Å². The fourth-order valence-corrected chi connectivity index (χ4v) is 5.96. The highest BCUT2D eigenvalue weighted by molar-refractivity contribution is 8.18. The number of ether oxygens (including phenoxy) is 2. The van der Waals surface area contributed by atoms with E-state index in [4.69, 9.17) is 9.47 Å². The summed E-state index contributed by atoms with van der Waals surface area (Å²) < 4.78 is 11.3. The Kier molecular flexibility index (Phi) is 7.88. The third-order valence-corrected chi connectivity index (χ3v) is 7.82. The molecular formula is C15H29NO3S2. The average molecular weight is 336 g/mol. The molecule has 1 aliphatic rings. The van der Waals surface area contributed by atoms with Gasteiger partial charge in [-0.05, 0) is 45.1 Å². The van der Waals surface area contributed by atoms with Crippen molar-refractivity contribution in [1.29, 1.82) is 0 Å². The van der Waals surface area contributed by atoms with Crippen molar-refractivity contribution >= 4 is 29.4 Å². The molecule has 0 N–H and O–H groups in total. The number of methoxy groups -OCH3 is 2. The number of hydrogen-bond acceptors (Lipinski definition) is 5. The summed E-state index contributed by atoms with van der Waals surface area (Å²) in [4.78, 5) is 14.1. The first kappa shape index (κ1) is 19.1. The smallest absolute Gasteiger partial charge is 0.222 e. The van der Waals surface area contributed by atoms with Gasteiger partial charge in [0.05, 0.1) is 0 Å². The molecule has 1 atom stereocenters. The van der Waals surface area contributed by atoms with E-state index >= 15 is 0 Å². The van der Waals surface area contributed by atoms with E-state index in [-0.39, 0.29) is 5.91 Å². The lowest BCUT2D eigenvalue weighted by molar-refractivity contribution is -0.134. The summed E-state index contributed by atoms with van der Waals surface area (Å²) in [7, 11) is 3.47. The van der Waals surface area contributed by atoms with E-state index in [0.29, 0.717) is 12.8 Å². The molecule has 0 aliphatic carbocycles. The van der Waals surface area contributed by atoms with E-state index in [1.165, 1.54) is 6.42 Å². The Bertz CT molecular complexity index is 331. The van der Waals surface area contributed by atoms with Gasteiger partial charge in [-0.1, -0.05) is 0 Å². The molecule has 21 heavy (non-hydrogen) atoms. The van der Waals surface area contributed by atoms with Crippen molar-refractivity contribution in [3.63, 3.8) is 0 Å². The first-order valence-electron chi connectivity index (χ1n) is 7.64. The summed E-state index contributed by atoms with van der Waals surface area (Å²) in [5, 5.41) is 0. The zero-order valence-corrected chi connectivity index (χ0v) is 15.6. The molecule has 0 aromatic rings. The van der Waals surface area contributed by atoms with Crippen LogP contribution in [0.25, 0.3) is 0 Å². The molecule has 0 spiro atoms. The first-order chi connectivity index (χ1) is 9.98. The third-order valence-electron chi connectivity index (χ3n) is 4.17. The maximum atomic E-state index is 12.3. The predicted octanol–water partition coefficient (Wildman–Crippen LogP) is 3.21. The van der Waals surface area contributed by atoms with E-state index < -0.39 is 9.87 Å². The fourth-order valence-electron chi connectivity index (χ4n) is 2.61. The maximum absolute atomic E-state index is 12.3. The van der Waals surface area contributed by atoms with Crippen LogP contribution in [0.1, 0.15) is 40.0 Å². The summed E-state index contributed by atoms with van der Waals surface area (Å²) in [6, 6.07) is 0. The second-order valence-corrected chi connectivity index (χ2v) is 8.11. The molecule has 1 fully saturated rings. The number of carbonyl (C=O) groups excluding carboxylic acids is 1. The highest BCUT2D eigenvalue weighted by Crippen LogP contribution is 2.52. The van der Waals surface area contributed by atoms with Gasteiger partial charge in [0, 0.05) is 33.7 Å². The van der Waals surface area contributed by atoms with E-state index in [2.05, 4.69) is 6.92 Å². The van der Waals surface area contributed by atoms with E-state index in [9.17, 15) is 4.79 Å². The average Bonchev–Trinajstić information content (AvgIpc) is 2.54. The van der Waals surface area contributed by atoms with E-state index in [1.807, 2.05) is 18.7 Å². The zero-order valence-electron chi connectivity index (χ0n) is 13.9. The van der Waals surface area contributed by atoms with Gasteiger partial charge in [-0.2, -0.15) is 0 Å². The minimum absolute atomic E-state index is 0.195. The summed E-state index contributed by atoms with van der Waals surface area (Å²) >= 11 is 3.61. The van der Waals surface area contributed by atoms with Crippen molar-refractivity contribution in [3.05, 3.63) is 0 Å². The second kappa shape index (κ2) is 8.65. The fraction of sp³-hybridized carbons (Fsp3) is 0.933. The normalized spacial score (nSPS) is 20.8. The van der Waals surface area contributed by atoms with Crippen molar-refractivity contribution in [3.8, 4) is 0 Å².